The highest BCUT2D eigenvalue weighted by atomic mass is 32.2. The standard InChI is InChI=1S/C27H24N4O3S/c1-16-12-13-19(14-17(16)2)24(32)18(3)35-27-29-28-26-30(20-8-7-9-21(15-20)34-4)25(33)22-10-5-6-11-23(22)31(26)27/h5-15,18H,1-4H3. The van der Waals surface area contributed by atoms with E-state index in [9.17, 15) is 9.59 Å². The molecule has 35 heavy (non-hydrogen) atoms. The van der Waals surface area contributed by atoms with Gasteiger partial charge in [-0.25, -0.2) is 4.57 Å². The molecule has 0 aliphatic carbocycles. The number of Topliss-reactive ketones (excluding diaryl/α,β-unsaturated/α-hetero) is 1. The minimum atomic E-state index is -0.402. The number of fused-ring (bicyclic) bond motifs is 3. The average molecular weight is 485 g/mol. The van der Waals surface area contributed by atoms with Crippen LogP contribution in [0.5, 0.6) is 5.75 Å². The Hall–Kier alpha value is -3.91. The zero-order valence-corrected chi connectivity index (χ0v) is 20.7. The van der Waals surface area contributed by atoms with Crippen LogP contribution in [0.3, 0.4) is 0 Å². The molecule has 5 aromatic rings. The molecule has 0 amide bonds. The number of hydrogen-bond donors (Lipinski definition) is 0. The molecule has 0 N–H and O–H groups in total. The van der Waals surface area contributed by atoms with E-state index in [2.05, 4.69) is 10.2 Å². The summed E-state index contributed by atoms with van der Waals surface area (Å²) in [7, 11) is 1.58. The maximum absolute atomic E-state index is 13.5. The van der Waals surface area contributed by atoms with E-state index in [4.69, 9.17) is 4.74 Å². The first-order valence-corrected chi connectivity index (χ1v) is 12.1. The molecule has 3 aromatic carbocycles. The van der Waals surface area contributed by atoms with E-state index in [0.29, 0.717) is 38.8 Å². The van der Waals surface area contributed by atoms with Crippen LogP contribution in [0.25, 0.3) is 22.4 Å². The highest BCUT2D eigenvalue weighted by Crippen LogP contribution is 2.28. The molecule has 0 saturated carbocycles. The number of thioether (sulfide) groups is 1. The van der Waals surface area contributed by atoms with Crippen LogP contribution in [0.4, 0.5) is 0 Å². The number of aryl methyl sites for hydroxylation is 2. The average Bonchev–Trinajstić information content (AvgIpc) is 3.28. The topological polar surface area (TPSA) is 78.5 Å². The third-order valence-electron chi connectivity index (χ3n) is 6.15. The fraction of sp³-hybridized carbons (Fsp3) is 0.185. The lowest BCUT2D eigenvalue weighted by Gasteiger charge is -2.13. The number of ether oxygens (including phenoxy) is 1. The van der Waals surface area contributed by atoms with Crippen molar-refractivity contribution in [3.05, 3.63) is 93.8 Å². The highest BCUT2D eigenvalue weighted by molar-refractivity contribution is 8.00. The summed E-state index contributed by atoms with van der Waals surface area (Å²) in [5, 5.41) is 9.43. The van der Waals surface area contributed by atoms with Crippen molar-refractivity contribution in [3.8, 4) is 11.4 Å². The van der Waals surface area contributed by atoms with Crippen molar-refractivity contribution in [2.24, 2.45) is 0 Å². The minimum Gasteiger partial charge on any atom is -0.497 e. The predicted octanol–water partition coefficient (Wildman–Crippen LogP) is 5.02. The Morgan fingerprint density at radius 2 is 1.77 bits per heavy atom. The van der Waals surface area contributed by atoms with Crippen LogP contribution >= 0.6 is 11.8 Å². The largest absolute Gasteiger partial charge is 0.497 e. The van der Waals surface area contributed by atoms with Crippen molar-refractivity contribution in [3.63, 3.8) is 0 Å². The van der Waals surface area contributed by atoms with Gasteiger partial charge in [0.2, 0.25) is 5.78 Å². The van der Waals surface area contributed by atoms with Crippen molar-refractivity contribution in [2.75, 3.05) is 7.11 Å². The number of benzene rings is 3. The van der Waals surface area contributed by atoms with Crippen LogP contribution in [0.15, 0.2) is 76.7 Å². The zero-order valence-electron chi connectivity index (χ0n) is 19.9. The lowest BCUT2D eigenvalue weighted by Crippen LogP contribution is -2.22. The molecule has 1 atom stereocenters. The molecule has 5 rings (SSSR count). The first-order chi connectivity index (χ1) is 16.9. The number of hydrogen-bond acceptors (Lipinski definition) is 6. The lowest BCUT2D eigenvalue weighted by molar-refractivity contribution is 0.0993. The lowest BCUT2D eigenvalue weighted by atomic mass is 10.0. The summed E-state index contributed by atoms with van der Waals surface area (Å²) in [6.45, 7) is 5.89. The fourth-order valence-electron chi connectivity index (χ4n) is 4.08. The van der Waals surface area contributed by atoms with E-state index in [-0.39, 0.29) is 11.3 Å². The normalized spacial score (nSPS) is 12.2. The number of rotatable bonds is 6. The summed E-state index contributed by atoms with van der Waals surface area (Å²) in [6.07, 6.45) is 0. The van der Waals surface area contributed by atoms with Crippen LogP contribution in [0, 0.1) is 13.8 Å². The summed E-state index contributed by atoms with van der Waals surface area (Å²) >= 11 is 1.32. The summed E-state index contributed by atoms with van der Waals surface area (Å²) in [5.74, 6) is 1.01. The molecule has 1 unspecified atom stereocenters. The van der Waals surface area contributed by atoms with E-state index in [0.717, 1.165) is 11.1 Å². The molecule has 0 aliphatic heterocycles. The van der Waals surface area contributed by atoms with Crippen LogP contribution in [0.1, 0.15) is 28.4 Å². The number of nitrogens with zero attached hydrogens (tertiary/aromatic N) is 4. The second kappa shape index (κ2) is 9.03. The van der Waals surface area contributed by atoms with Gasteiger partial charge < -0.3 is 4.74 Å². The minimum absolute atomic E-state index is 0.0141. The van der Waals surface area contributed by atoms with Crippen molar-refractivity contribution >= 4 is 34.2 Å². The summed E-state index contributed by atoms with van der Waals surface area (Å²) < 4.78 is 8.72. The van der Waals surface area contributed by atoms with Gasteiger partial charge in [0.1, 0.15) is 5.75 Å². The van der Waals surface area contributed by atoms with Crippen molar-refractivity contribution < 1.29 is 9.53 Å². The number of aromatic nitrogens is 4. The maximum Gasteiger partial charge on any atom is 0.267 e. The third kappa shape index (κ3) is 4.00. The first kappa shape index (κ1) is 22.9. The molecule has 2 heterocycles. The number of carbonyl (C=O) groups is 1. The van der Waals surface area contributed by atoms with Gasteiger partial charge in [0.05, 0.1) is 29.0 Å². The SMILES string of the molecule is COc1cccc(-n2c(=O)c3ccccc3n3c(SC(C)C(=O)c4ccc(C)c(C)c4)nnc23)c1. The van der Waals surface area contributed by atoms with Gasteiger partial charge in [-0.05, 0) is 62.2 Å². The highest BCUT2D eigenvalue weighted by Gasteiger charge is 2.23. The molecule has 0 bridgehead atoms. The van der Waals surface area contributed by atoms with Gasteiger partial charge in [-0.15, -0.1) is 10.2 Å². The maximum atomic E-state index is 13.5. The quantitative estimate of drug-likeness (QED) is 0.249. The van der Waals surface area contributed by atoms with Gasteiger partial charge in [-0.2, -0.15) is 0 Å². The van der Waals surface area contributed by atoms with Gasteiger partial charge in [-0.3, -0.25) is 14.0 Å². The summed E-state index contributed by atoms with van der Waals surface area (Å²) in [6, 6.07) is 20.3. The van der Waals surface area contributed by atoms with E-state index in [1.54, 1.807) is 19.2 Å². The van der Waals surface area contributed by atoms with Crippen LogP contribution in [-0.2, 0) is 0 Å². The van der Waals surface area contributed by atoms with Crippen molar-refractivity contribution in [1.82, 2.24) is 19.2 Å². The van der Waals surface area contributed by atoms with Gasteiger partial charge in [-0.1, -0.05) is 42.1 Å². The molecule has 176 valence electrons. The third-order valence-corrected chi connectivity index (χ3v) is 7.19. The Kier molecular flexibility index (Phi) is 5.90. The Morgan fingerprint density at radius 3 is 2.54 bits per heavy atom. The first-order valence-electron chi connectivity index (χ1n) is 11.2. The van der Waals surface area contributed by atoms with Gasteiger partial charge in [0, 0.05) is 11.6 Å². The molecule has 8 heteroatoms. The van der Waals surface area contributed by atoms with E-state index in [1.807, 2.05) is 79.8 Å². The molecule has 0 fully saturated rings. The van der Waals surface area contributed by atoms with E-state index in [1.165, 1.54) is 16.3 Å². The molecule has 7 nitrogen and oxygen atoms in total. The van der Waals surface area contributed by atoms with Gasteiger partial charge >= 0.3 is 0 Å². The molecule has 0 spiro atoms. The number of methoxy groups -OCH3 is 1. The Balaban J connectivity index is 1.65. The van der Waals surface area contributed by atoms with Gasteiger partial charge in [0.15, 0.2) is 10.9 Å². The van der Waals surface area contributed by atoms with Crippen molar-refractivity contribution in [2.45, 2.75) is 31.2 Å². The molecular weight excluding hydrogens is 460 g/mol. The second-order valence-corrected chi connectivity index (χ2v) is 9.71. The number of ketones is 1. The van der Waals surface area contributed by atoms with E-state index >= 15 is 0 Å². The zero-order chi connectivity index (χ0) is 24.7. The monoisotopic (exact) mass is 484 g/mol. The molecular formula is C27H24N4O3S. The molecule has 0 saturated heterocycles. The van der Waals surface area contributed by atoms with Crippen LogP contribution in [-0.4, -0.2) is 37.3 Å². The summed E-state index contributed by atoms with van der Waals surface area (Å²) in [5.41, 5.74) is 3.99. The van der Waals surface area contributed by atoms with Crippen molar-refractivity contribution in [1.29, 1.82) is 0 Å². The van der Waals surface area contributed by atoms with Crippen LogP contribution < -0.4 is 10.3 Å². The second-order valence-electron chi connectivity index (χ2n) is 8.40. The van der Waals surface area contributed by atoms with E-state index < -0.39 is 5.25 Å². The molecule has 0 radical (unpaired) electrons. The molecule has 0 aliphatic rings. The Labute approximate surface area is 206 Å². The Bertz CT molecular complexity index is 1650. The smallest absolute Gasteiger partial charge is 0.267 e. The fourth-order valence-corrected chi connectivity index (χ4v) is 5.01. The molecule has 2 aromatic heterocycles. The van der Waals surface area contributed by atoms with Crippen LogP contribution in [0.2, 0.25) is 0 Å². The number of carbonyl (C=O) groups excluding carboxylic acids is 1. The predicted molar refractivity (Wildman–Crippen MR) is 138 cm³/mol. The van der Waals surface area contributed by atoms with Gasteiger partial charge in [0.25, 0.3) is 5.56 Å². The Morgan fingerprint density at radius 1 is 0.971 bits per heavy atom. The summed E-state index contributed by atoms with van der Waals surface area (Å²) in [4.78, 5) is 26.7. The number of para-hydroxylation sites is 1.